The maximum atomic E-state index is 14.2. The lowest BCUT2D eigenvalue weighted by molar-refractivity contribution is -0.00938. The summed E-state index contributed by atoms with van der Waals surface area (Å²) in [5, 5.41) is 21.5. The van der Waals surface area contributed by atoms with Gasteiger partial charge in [-0.15, -0.1) is 10.2 Å². The van der Waals surface area contributed by atoms with E-state index in [1.54, 1.807) is 24.0 Å². The number of rotatable bonds is 5. The number of benzene rings is 2. The number of pyridine rings is 1. The fraction of sp³-hybridized carbons (Fsp3) is 0.323. The minimum Gasteiger partial charge on any atom is -0.502 e. The zero-order chi connectivity index (χ0) is 32.0. The van der Waals surface area contributed by atoms with Crippen molar-refractivity contribution < 1.29 is 28.2 Å². The first-order valence-electron chi connectivity index (χ1n) is 14.2. The molecule has 234 valence electrons. The van der Waals surface area contributed by atoms with Gasteiger partial charge < -0.3 is 19.6 Å². The Kier molecular flexibility index (Phi) is 7.77. The number of amides is 2. The number of ether oxygens (including phenoxy) is 1. The van der Waals surface area contributed by atoms with Gasteiger partial charge in [-0.1, -0.05) is 47.7 Å². The van der Waals surface area contributed by atoms with Crippen LogP contribution in [-0.2, 0) is 17.8 Å². The first kappa shape index (κ1) is 30.2. The molecule has 6 rings (SSSR count). The summed E-state index contributed by atoms with van der Waals surface area (Å²) >= 11 is 1.02. The topological polar surface area (TPSA) is 121 Å². The summed E-state index contributed by atoms with van der Waals surface area (Å²) in [6.07, 6.45) is 1.74. The summed E-state index contributed by atoms with van der Waals surface area (Å²) in [5.74, 6) is -2.71. The molecule has 0 saturated carbocycles. The number of aromatic hydroxyl groups is 1. The van der Waals surface area contributed by atoms with E-state index in [-0.39, 0.29) is 40.9 Å². The summed E-state index contributed by atoms with van der Waals surface area (Å²) in [4.78, 5) is 43.1. The molecule has 4 heterocycles. The van der Waals surface area contributed by atoms with E-state index in [1.807, 2.05) is 37.3 Å². The number of nitrogens with zero attached hydrogens (tertiary/aromatic N) is 6. The first-order valence-corrected chi connectivity index (χ1v) is 15.1. The van der Waals surface area contributed by atoms with Gasteiger partial charge in [-0.05, 0) is 24.1 Å². The molecule has 1 fully saturated rings. The van der Waals surface area contributed by atoms with Crippen LogP contribution < -0.4 is 10.4 Å². The Bertz CT molecular complexity index is 1850. The number of carbonyl (C=O) groups is 2. The van der Waals surface area contributed by atoms with E-state index in [1.165, 1.54) is 21.8 Å². The Morgan fingerprint density at radius 2 is 1.89 bits per heavy atom. The Balaban J connectivity index is 1.27. The standard InChI is InChI=1S/C31H30F2N6O5S/c1-18-15-31(11-12-38(18)30(43)44-17-19-7-5-4-6-8-19)36(2)29(42)25-27(41)26(40)22(16-39(25)37(31)3)28-35-34-24(45-28)13-20-9-10-21(32)14-23(20)33/h4-10,14,16,18,41H,11-13,15,17H2,1-3H3/t18-,31?/m1/s1. The molecule has 2 aliphatic heterocycles. The highest BCUT2D eigenvalue weighted by molar-refractivity contribution is 7.14. The van der Waals surface area contributed by atoms with Crippen molar-refractivity contribution in [3.05, 3.63) is 98.4 Å². The van der Waals surface area contributed by atoms with Gasteiger partial charge in [0.25, 0.3) is 5.91 Å². The summed E-state index contributed by atoms with van der Waals surface area (Å²) in [5.41, 5.74) is -0.805. The Morgan fingerprint density at radius 3 is 2.60 bits per heavy atom. The normalized spacial score (nSPS) is 19.6. The van der Waals surface area contributed by atoms with Gasteiger partial charge in [0.15, 0.2) is 16.5 Å². The lowest BCUT2D eigenvalue weighted by atomic mass is 9.88. The molecule has 2 aromatic heterocycles. The van der Waals surface area contributed by atoms with Crippen LogP contribution in [0.1, 0.15) is 46.4 Å². The molecule has 0 radical (unpaired) electrons. The van der Waals surface area contributed by atoms with Gasteiger partial charge in [-0.3, -0.25) is 19.3 Å². The Labute approximate surface area is 260 Å². The predicted octanol–water partition coefficient (Wildman–Crippen LogP) is 4.11. The van der Waals surface area contributed by atoms with Crippen LogP contribution in [-0.4, -0.2) is 74.1 Å². The van der Waals surface area contributed by atoms with E-state index in [0.717, 1.165) is 29.0 Å². The predicted molar refractivity (Wildman–Crippen MR) is 161 cm³/mol. The van der Waals surface area contributed by atoms with Gasteiger partial charge in [0, 0.05) is 58.2 Å². The van der Waals surface area contributed by atoms with Crippen molar-refractivity contribution in [2.45, 2.75) is 44.5 Å². The van der Waals surface area contributed by atoms with Gasteiger partial charge in [-0.25, -0.2) is 13.6 Å². The minimum atomic E-state index is -0.898. The van der Waals surface area contributed by atoms with Gasteiger partial charge in [0.1, 0.15) is 28.9 Å². The molecule has 1 N–H and O–H groups in total. The molecule has 4 aromatic rings. The van der Waals surface area contributed by atoms with Gasteiger partial charge in [0.2, 0.25) is 5.43 Å². The van der Waals surface area contributed by atoms with Crippen molar-refractivity contribution in [2.75, 3.05) is 25.6 Å². The molecule has 2 atom stereocenters. The smallest absolute Gasteiger partial charge is 0.410 e. The van der Waals surface area contributed by atoms with Crippen LogP contribution in [0.3, 0.4) is 0 Å². The van der Waals surface area contributed by atoms with Gasteiger partial charge in [0.05, 0.1) is 5.56 Å². The molecule has 45 heavy (non-hydrogen) atoms. The van der Waals surface area contributed by atoms with Crippen LogP contribution in [0.15, 0.2) is 59.5 Å². The number of hydrogen-bond donors (Lipinski definition) is 1. The monoisotopic (exact) mass is 636 g/mol. The van der Waals surface area contributed by atoms with Crippen molar-refractivity contribution in [2.24, 2.45) is 0 Å². The average Bonchev–Trinajstić information content (AvgIpc) is 3.49. The van der Waals surface area contributed by atoms with E-state index in [4.69, 9.17) is 4.74 Å². The zero-order valence-corrected chi connectivity index (χ0v) is 25.6. The average molecular weight is 637 g/mol. The maximum Gasteiger partial charge on any atom is 0.410 e. The van der Waals surface area contributed by atoms with Crippen LogP contribution in [0, 0.1) is 11.6 Å². The molecule has 1 spiro atoms. The van der Waals surface area contributed by atoms with E-state index in [9.17, 15) is 28.3 Å². The fourth-order valence-electron chi connectivity index (χ4n) is 6.08. The van der Waals surface area contributed by atoms with E-state index in [0.29, 0.717) is 24.4 Å². The van der Waals surface area contributed by atoms with Gasteiger partial charge in [-0.2, -0.15) is 0 Å². The van der Waals surface area contributed by atoms with Crippen molar-refractivity contribution in [1.82, 2.24) is 24.7 Å². The second-order valence-electron chi connectivity index (χ2n) is 11.2. The third-order valence-corrected chi connectivity index (χ3v) is 9.58. The summed E-state index contributed by atoms with van der Waals surface area (Å²) < 4.78 is 34.6. The molecule has 2 amide bonds. The molecule has 14 heteroatoms. The van der Waals surface area contributed by atoms with Crippen LogP contribution in [0.25, 0.3) is 10.6 Å². The molecular formula is C31H30F2N6O5S. The van der Waals surface area contributed by atoms with Crippen molar-refractivity contribution in [3.8, 4) is 16.3 Å². The number of piperidine rings is 1. The third-order valence-electron chi connectivity index (χ3n) is 8.62. The van der Waals surface area contributed by atoms with E-state index in [2.05, 4.69) is 10.2 Å². The molecule has 2 aromatic carbocycles. The Morgan fingerprint density at radius 1 is 1.13 bits per heavy atom. The number of fused-ring (bicyclic) bond motifs is 1. The zero-order valence-electron chi connectivity index (χ0n) is 24.7. The molecular weight excluding hydrogens is 606 g/mol. The number of halogens is 2. The number of carbonyl (C=O) groups excluding carboxylic acids is 2. The van der Waals surface area contributed by atoms with Crippen molar-refractivity contribution in [3.63, 3.8) is 0 Å². The lowest BCUT2D eigenvalue weighted by Crippen LogP contribution is -2.72. The summed E-state index contributed by atoms with van der Waals surface area (Å²) in [7, 11) is 3.36. The number of hydrogen-bond acceptors (Lipinski definition) is 9. The molecule has 1 unspecified atom stereocenters. The highest BCUT2D eigenvalue weighted by Crippen LogP contribution is 2.39. The second kappa shape index (κ2) is 11.6. The van der Waals surface area contributed by atoms with Crippen LogP contribution in [0.5, 0.6) is 5.75 Å². The largest absolute Gasteiger partial charge is 0.502 e. The van der Waals surface area contributed by atoms with Crippen LogP contribution in [0.2, 0.25) is 0 Å². The molecule has 0 bridgehead atoms. The lowest BCUT2D eigenvalue weighted by Gasteiger charge is -2.57. The van der Waals surface area contributed by atoms with Crippen molar-refractivity contribution in [1.29, 1.82) is 0 Å². The van der Waals surface area contributed by atoms with E-state index < -0.39 is 40.5 Å². The fourth-order valence-corrected chi connectivity index (χ4v) is 6.95. The quantitative estimate of drug-likeness (QED) is 0.348. The summed E-state index contributed by atoms with van der Waals surface area (Å²) in [6.45, 7) is 2.32. The molecule has 11 nitrogen and oxygen atoms in total. The second-order valence-corrected chi connectivity index (χ2v) is 12.3. The Hall–Kier alpha value is -4.85. The third kappa shape index (κ3) is 5.28. The number of aromatic nitrogens is 3. The molecule has 2 aliphatic rings. The maximum absolute atomic E-state index is 14.2. The summed E-state index contributed by atoms with van der Waals surface area (Å²) in [6, 6.07) is 12.3. The highest BCUT2D eigenvalue weighted by Gasteiger charge is 2.52. The van der Waals surface area contributed by atoms with Crippen molar-refractivity contribution >= 4 is 23.3 Å². The molecule has 1 saturated heterocycles. The van der Waals surface area contributed by atoms with Gasteiger partial charge >= 0.3 is 6.09 Å². The van der Waals surface area contributed by atoms with Crippen LogP contribution in [0.4, 0.5) is 13.6 Å². The molecule has 0 aliphatic carbocycles. The van der Waals surface area contributed by atoms with Crippen LogP contribution >= 0.6 is 11.3 Å². The minimum absolute atomic E-state index is 0.00825. The first-order chi connectivity index (χ1) is 21.5. The highest BCUT2D eigenvalue weighted by atomic mass is 32.1. The SMILES string of the molecule is C[C@@H]1CC2(CCN1C(=O)OCc1ccccc1)N(C)C(=O)c1c(O)c(=O)c(-c3nnc(Cc4ccc(F)cc4F)s3)cn1N2C. The van der Waals surface area contributed by atoms with E-state index >= 15 is 0 Å². The number of likely N-dealkylation sites (tertiary alicyclic amines) is 1.